The number of aromatic nitrogens is 3. The first-order valence-electron chi connectivity index (χ1n) is 5.46. The number of carbonyl (C=O) groups is 2. The number of H-pyrrole nitrogens is 1. The van der Waals surface area contributed by atoms with Crippen LogP contribution in [-0.4, -0.2) is 41.8 Å². The molecule has 2 aromatic rings. The van der Waals surface area contributed by atoms with Crippen molar-refractivity contribution in [3.63, 3.8) is 0 Å². The number of sulfone groups is 1. The molecule has 0 fully saturated rings. The van der Waals surface area contributed by atoms with E-state index in [2.05, 4.69) is 15.4 Å². The van der Waals surface area contributed by atoms with E-state index in [1.807, 2.05) is 0 Å². The smallest absolute Gasteiger partial charge is 0.271 e. The Kier molecular flexibility index (Phi) is 3.79. The molecule has 0 spiro atoms. The van der Waals surface area contributed by atoms with Crippen molar-refractivity contribution >= 4 is 33.1 Å². The Morgan fingerprint density at radius 1 is 1.24 bits per heavy atom. The number of hydrogen-bond donors (Lipinski definition) is 2. The van der Waals surface area contributed by atoms with Gasteiger partial charge in [0.1, 0.15) is 0 Å². The monoisotopic (exact) mass is 328 g/mol. The molecule has 2 rings (SSSR count). The van der Waals surface area contributed by atoms with Crippen LogP contribution in [0, 0.1) is 0 Å². The van der Waals surface area contributed by atoms with Gasteiger partial charge in [0.25, 0.3) is 5.91 Å². The maximum Gasteiger partial charge on any atom is 0.271 e. The second-order valence-electron chi connectivity index (χ2n) is 4.13. The number of primary amides is 1. The van der Waals surface area contributed by atoms with Gasteiger partial charge in [0, 0.05) is 11.8 Å². The molecule has 0 aliphatic heterocycles. The van der Waals surface area contributed by atoms with Crippen molar-refractivity contribution in [3.8, 4) is 0 Å². The highest BCUT2D eigenvalue weighted by atomic mass is 35.5. The minimum Gasteiger partial charge on any atom is -0.364 e. The summed E-state index contributed by atoms with van der Waals surface area (Å²) in [6.07, 6.45) is 1.02. The van der Waals surface area contributed by atoms with Crippen LogP contribution < -0.4 is 5.73 Å². The van der Waals surface area contributed by atoms with Gasteiger partial charge in [-0.3, -0.25) is 9.59 Å². The van der Waals surface area contributed by atoms with Crippen LogP contribution in [0.1, 0.15) is 26.5 Å². The fourth-order valence-corrected chi connectivity index (χ4v) is 2.58. The van der Waals surface area contributed by atoms with Gasteiger partial charge < -0.3 is 5.73 Å². The summed E-state index contributed by atoms with van der Waals surface area (Å²) < 4.78 is 22.8. The average molecular weight is 329 g/mol. The molecule has 1 aromatic heterocycles. The van der Waals surface area contributed by atoms with E-state index in [1.165, 1.54) is 12.1 Å². The van der Waals surface area contributed by atoms with Gasteiger partial charge in [-0.05, 0) is 18.2 Å². The summed E-state index contributed by atoms with van der Waals surface area (Å²) in [4.78, 5) is 23.3. The predicted octanol–water partition coefficient (Wildman–Crippen LogP) is 0.192. The number of nitrogens with two attached hydrogens (primary N) is 1. The second-order valence-corrected chi connectivity index (χ2v) is 6.55. The quantitative estimate of drug-likeness (QED) is 0.769. The SMILES string of the molecule is CS(=O)(=O)c1ccc(C(=O)c2n[nH]nc2C(N)=O)c(Cl)c1. The van der Waals surface area contributed by atoms with Crippen molar-refractivity contribution in [3.05, 3.63) is 40.2 Å². The molecular weight excluding hydrogens is 320 g/mol. The molecule has 0 saturated heterocycles. The minimum atomic E-state index is -3.45. The van der Waals surface area contributed by atoms with E-state index in [0.717, 1.165) is 12.3 Å². The van der Waals surface area contributed by atoms with Crippen LogP contribution in [0.25, 0.3) is 0 Å². The number of benzene rings is 1. The number of rotatable bonds is 4. The highest BCUT2D eigenvalue weighted by molar-refractivity contribution is 7.90. The van der Waals surface area contributed by atoms with Crippen molar-refractivity contribution in [2.75, 3.05) is 6.26 Å². The van der Waals surface area contributed by atoms with Crippen LogP contribution >= 0.6 is 11.6 Å². The molecule has 0 aliphatic rings. The third kappa shape index (κ3) is 2.93. The fraction of sp³-hybridized carbons (Fsp3) is 0.0909. The van der Waals surface area contributed by atoms with Crippen LogP contribution in [-0.2, 0) is 9.84 Å². The van der Waals surface area contributed by atoms with Crippen LogP contribution in [0.3, 0.4) is 0 Å². The standard InChI is InChI=1S/C11H9ClN4O4S/c1-21(19,20)5-2-3-6(7(12)4-5)10(17)8-9(11(13)18)15-16-14-8/h2-4H,1H3,(H2,13,18)(H,14,15,16). The second kappa shape index (κ2) is 5.26. The molecule has 1 aromatic carbocycles. The molecule has 1 heterocycles. The van der Waals surface area contributed by atoms with Gasteiger partial charge in [-0.1, -0.05) is 11.6 Å². The van der Waals surface area contributed by atoms with Gasteiger partial charge in [0.05, 0.1) is 9.92 Å². The first-order chi connectivity index (χ1) is 9.71. The van der Waals surface area contributed by atoms with Crippen LogP contribution in [0.2, 0.25) is 5.02 Å². The molecule has 21 heavy (non-hydrogen) atoms. The first-order valence-corrected chi connectivity index (χ1v) is 7.73. The number of nitrogens with one attached hydrogen (secondary N) is 1. The zero-order chi connectivity index (χ0) is 15.8. The number of aromatic amines is 1. The summed E-state index contributed by atoms with van der Waals surface area (Å²) in [5, 5.41) is 9.08. The highest BCUT2D eigenvalue weighted by Gasteiger charge is 2.24. The molecule has 110 valence electrons. The van der Waals surface area contributed by atoms with E-state index in [1.54, 1.807) is 0 Å². The summed E-state index contributed by atoms with van der Waals surface area (Å²) in [5.41, 5.74) is 4.46. The molecule has 0 saturated carbocycles. The van der Waals surface area contributed by atoms with Gasteiger partial charge in [0.2, 0.25) is 5.78 Å². The number of amides is 1. The normalized spacial score (nSPS) is 11.3. The molecule has 10 heteroatoms. The Labute approximate surface area is 124 Å². The lowest BCUT2D eigenvalue weighted by Gasteiger charge is -2.04. The lowest BCUT2D eigenvalue weighted by atomic mass is 10.1. The molecular formula is C11H9ClN4O4S. The first kappa shape index (κ1) is 15.1. The summed E-state index contributed by atoms with van der Waals surface area (Å²) in [6.45, 7) is 0. The maximum absolute atomic E-state index is 12.3. The zero-order valence-electron chi connectivity index (χ0n) is 10.6. The largest absolute Gasteiger partial charge is 0.364 e. The lowest BCUT2D eigenvalue weighted by Crippen LogP contribution is -2.17. The number of nitrogens with zero attached hydrogens (tertiary/aromatic N) is 2. The maximum atomic E-state index is 12.3. The molecule has 0 aliphatic carbocycles. The third-order valence-corrected chi connectivity index (χ3v) is 4.03. The molecule has 0 atom stereocenters. The summed E-state index contributed by atoms with van der Waals surface area (Å²) in [7, 11) is -3.45. The van der Waals surface area contributed by atoms with Crippen molar-refractivity contribution in [2.45, 2.75) is 4.90 Å². The van der Waals surface area contributed by atoms with E-state index in [-0.39, 0.29) is 26.9 Å². The Bertz CT molecular complexity index is 844. The van der Waals surface area contributed by atoms with Crippen molar-refractivity contribution in [2.24, 2.45) is 5.73 Å². The van der Waals surface area contributed by atoms with E-state index in [4.69, 9.17) is 17.3 Å². The van der Waals surface area contributed by atoms with Crippen LogP contribution in [0.4, 0.5) is 0 Å². The lowest BCUT2D eigenvalue weighted by molar-refractivity contribution is 0.0976. The number of hydrogen-bond acceptors (Lipinski definition) is 6. The van der Waals surface area contributed by atoms with E-state index in [9.17, 15) is 18.0 Å². The Morgan fingerprint density at radius 2 is 1.86 bits per heavy atom. The van der Waals surface area contributed by atoms with Crippen molar-refractivity contribution in [1.82, 2.24) is 15.4 Å². The minimum absolute atomic E-state index is 0.0135. The van der Waals surface area contributed by atoms with Gasteiger partial charge in [-0.25, -0.2) is 8.42 Å². The number of ketones is 1. The molecule has 1 amide bonds. The van der Waals surface area contributed by atoms with Crippen LogP contribution in [0.15, 0.2) is 23.1 Å². The molecule has 0 bridgehead atoms. The summed E-state index contributed by atoms with van der Waals surface area (Å²) >= 11 is 5.92. The highest BCUT2D eigenvalue weighted by Crippen LogP contribution is 2.23. The van der Waals surface area contributed by atoms with Gasteiger partial charge >= 0.3 is 0 Å². The third-order valence-electron chi connectivity index (χ3n) is 2.61. The summed E-state index contributed by atoms with van der Waals surface area (Å²) in [5.74, 6) is -1.61. The Morgan fingerprint density at radius 3 is 2.38 bits per heavy atom. The topological polar surface area (TPSA) is 136 Å². The Balaban J connectivity index is 2.50. The van der Waals surface area contributed by atoms with Gasteiger partial charge in [0.15, 0.2) is 21.2 Å². The van der Waals surface area contributed by atoms with E-state index < -0.39 is 21.5 Å². The average Bonchev–Trinajstić information content (AvgIpc) is 2.86. The zero-order valence-corrected chi connectivity index (χ0v) is 12.2. The molecule has 0 radical (unpaired) electrons. The Hall–Kier alpha value is -2.26. The van der Waals surface area contributed by atoms with Gasteiger partial charge in [-0.2, -0.15) is 15.4 Å². The van der Waals surface area contributed by atoms with Crippen molar-refractivity contribution in [1.29, 1.82) is 0 Å². The predicted molar refractivity (Wildman–Crippen MR) is 72.9 cm³/mol. The van der Waals surface area contributed by atoms with E-state index >= 15 is 0 Å². The van der Waals surface area contributed by atoms with E-state index in [0.29, 0.717) is 0 Å². The summed E-state index contributed by atoms with van der Waals surface area (Å²) in [6, 6.07) is 3.62. The molecule has 8 nitrogen and oxygen atoms in total. The molecule has 0 unspecified atom stereocenters. The number of halogens is 1. The van der Waals surface area contributed by atoms with Crippen LogP contribution in [0.5, 0.6) is 0 Å². The van der Waals surface area contributed by atoms with Crippen molar-refractivity contribution < 1.29 is 18.0 Å². The number of carbonyl (C=O) groups excluding carboxylic acids is 2. The fourth-order valence-electron chi connectivity index (χ4n) is 1.60. The van der Waals surface area contributed by atoms with Gasteiger partial charge in [-0.15, -0.1) is 0 Å². The molecule has 3 N–H and O–H groups in total.